The Bertz CT molecular complexity index is 657. The van der Waals surface area contributed by atoms with Crippen LogP contribution in [-0.2, 0) is 23.2 Å². The number of hydrogen-bond acceptors (Lipinski definition) is 5. The SMILES string of the molecule is O=S(=O)(NCc1ncn[nH]1)c1ccc(CO)cc1Br. The number of rotatable bonds is 5. The number of aliphatic hydroxyl groups excluding tert-OH is 1. The van der Waals surface area contributed by atoms with Crippen molar-refractivity contribution in [3.8, 4) is 0 Å². The number of halogens is 1. The van der Waals surface area contributed by atoms with Gasteiger partial charge in [0.05, 0.1) is 18.0 Å². The van der Waals surface area contributed by atoms with Crippen LogP contribution in [0.15, 0.2) is 33.9 Å². The summed E-state index contributed by atoms with van der Waals surface area (Å²) in [6.45, 7) is -0.124. The maximum absolute atomic E-state index is 12.1. The summed E-state index contributed by atoms with van der Waals surface area (Å²) in [7, 11) is -3.66. The molecule has 0 amide bonds. The highest BCUT2D eigenvalue weighted by Gasteiger charge is 2.18. The number of aliphatic hydroxyl groups is 1. The van der Waals surface area contributed by atoms with Gasteiger partial charge >= 0.3 is 0 Å². The number of nitrogens with zero attached hydrogens (tertiary/aromatic N) is 2. The van der Waals surface area contributed by atoms with Crippen molar-refractivity contribution in [1.82, 2.24) is 19.9 Å². The van der Waals surface area contributed by atoms with E-state index in [9.17, 15) is 8.42 Å². The number of nitrogens with one attached hydrogen (secondary N) is 2. The Morgan fingerprint density at radius 3 is 2.79 bits per heavy atom. The summed E-state index contributed by atoms with van der Waals surface area (Å²) in [6.07, 6.45) is 1.30. The molecule has 1 aromatic heterocycles. The van der Waals surface area contributed by atoms with Crippen LogP contribution in [0.2, 0.25) is 0 Å². The number of benzene rings is 1. The van der Waals surface area contributed by atoms with E-state index in [2.05, 4.69) is 35.8 Å². The Balaban J connectivity index is 2.19. The molecule has 0 spiro atoms. The summed E-state index contributed by atoms with van der Waals surface area (Å²) in [5.74, 6) is 0.423. The first-order valence-corrected chi connectivity index (χ1v) is 7.54. The van der Waals surface area contributed by atoms with Crippen LogP contribution < -0.4 is 4.72 Å². The Hall–Kier alpha value is -1.29. The van der Waals surface area contributed by atoms with E-state index in [1.165, 1.54) is 12.4 Å². The van der Waals surface area contributed by atoms with Gasteiger partial charge in [-0.1, -0.05) is 6.07 Å². The average molecular weight is 347 g/mol. The quantitative estimate of drug-likeness (QED) is 0.732. The van der Waals surface area contributed by atoms with Crippen LogP contribution in [0.25, 0.3) is 0 Å². The molecule has 0 saturated heterocycles. The van der Waals surface area contributed by atoms with Crippen molar-refractivity contribution in [2.75, 3.05) is 0 Å². The highest BCUT2D eigenvalue weighted by atomic mass is 79.9. The zero-order valence-corrected chi connectivity index (χ0v) is 12.1. The van der Waals surface area contributed by atoms with E-state index in [1.807, 2.05) is 0 Å². The van der Waals surface area contributed by atoms with E-state index in [0.717, 1.165) is 0 Å². The molecule has 0 saturated carbocycles. The zero-order valence-electron chi connectivity index (χ0n) is 9.67. The molecule has 1 aromatic carbocycles. The molecule has 0 bridgehead atoms. The van der Waals surface area contributed by atoms with Crippen molar-refractivity contribution >= 4 is 26.0 Å². The van der Waals surface area contributed by atoms with Gasteiger partial charge in [-0.15, -0.1) is 0 Å². The first-order chi connectivity index (χ1) is 9.03. The lowest BCUT2D eigenvalue weighted by atomic mass is 10.2. The molecule has 102 valence electrons. The molecule has 3 N–H and O–H groups in total. The summed E-state index contributed by atoms with van der Waals surface area (Å²) in [5.41, 5.74) is 0.626. The van der Waals surface area contributed by atoms with E-state index in [-0.39, 0.29) is 18.0 Å². The normalized spacial score (nSPS) is 11.7. The molecule has 19 heavy (non-hydrogen) atoms. The standard InChI is InChI=1S/C10H11BrN4O3S/c11-8-3-7(5-16)1-2-9(8)19(17,18)14-4-10-12-6-13-15-10/h1-3,6,14,16H,4-5H2,(H,12,13,15). The lowest BCUT2D eigenvalue weighted by Crippen LogP contribution is -2.24. The average Bonchev–Trinajstić information content (AvgIpc) is 2.89. The maximum atomic E-state index is 12.1. The van der Waals surface area contributed by atoms with Gasteiger partial charge in [-0.05, 0) is 33.6 Å². The van der Waals surface area contributed by atoms with Gasteiger partial charge in [-0.25, -0.2) is 18.1 Å². The van der Waals surface area contributed by atoms with E-state index < -0.39 is 10.0 Å². The lowest BCUT2D eigenvalue weighted by Gasteiger charge is -2.08. The third-order valence-corrected chi connectivity index (χ3v) is 4.74. The summed E-state index contributed by atoms with van der Waals surface area (Å²) < 4.78 is 27.0. The number of aromatic nitrogens is 3. The first-order valence-electron chi connectivity index (χ1n) is 5.26. The molecule has 0 aliphatic heterocycles. The van der Waals surface area contributed by atoms with Gasteiger partial charge in [0.1, 0.15) is 12.2 Å². The second-order valence-corrected chi connectivity index (χ2v) is 6.27. The molecule has 2 aromatic rings. The van der Waals surface area contributed by atoms with Gasteiger partial charge in [-0.3, -0.25) is 5.10 Å². The largest absolute Gasteiger partial charge is 0.392 e. The first kappa shape index (κ1) is 14.1. The number of sulfonamides is 1. The van der Waals surface area contributed by atoms with Crippen molar-refractivity contribution in [2.24, 2.45) is 0 Å². The van der Waals surface area contributed by atoms with Crippen LogP contribution in [0.3, 0.4) is 0 Å². The summed E-state index contributed by atoms with van der Waals surface area (Å²) in [4.78, 5) is 3.93. The lowest BCUT2D eigenvalue weighted by molar-refractivity contribution is 0.281. The Morgan fingerprint density at radius 2 is 2.21 bits per heavy atom. The van der Waals surface area contributed by atoms with Gasteiger partial charge in [0.15, 0.2) is 0 Å². The van der Waals surface area contributed by atoms with Crippen molar-refractivity contribution in [3.63, 3.8) is 0 Å². The second-order valence-electron chi connectivity index (χ2n) is 3.68. The molecule has 9 heteroatoms. The van der Waals surface area contributed by atoms with E-state index in [4.69, 9.17) is 5.11 Å². The summed E-state index contributed by atoms with van der Waals surface area (Å²) >= 11 is 3.18. The Morgan fingerprint density at radius 1 is 1.42 bits per heavy atom. The zero-order chi connectivity index (χ0) is 13.9. The highest BCUT2D eigenvalue weighted by molar-refractivity contribution is 9.10. The van der Waals surface area contributed by atoms with Crippen molar-refractivity contribution in [1.29, 1.82) is 0 Å². The fourth-order valence-electron chi connectivity index (χ4n) is 1.42. The van der Waals surface area contributed by atoms with Crippen LogP contribution in [0.5, 0.6) is 0 Å². The van der Waals surface area contributed by atoms with Gasteiger partial charge in [0, 0.05) is 4.47 Å². The fraction of sp³-hybridized carbons (Fsp3) is 0.200. The molecule has 7 nitrogen and oxygen atoms in total. The summed E-state index contributed by atoms with van der Waals surface area (Å²) in [5, 5.41) is 15.2. The molecule has 0 unspecified atom stereocenters. The maximum Gasteiger partial charge on any atom is 0.242 e. The van der Waals surface area contributed by atoms with Gasteiger partial charge < -0.3 is 5.11 Å². The topological polar surface area (TPSA) is 108 Å². The Kier molecular flexibility index (Phi) is 4.30. The molecular weight excluding hydrogens is 336 g/mol. The molecule has 2 rings (SSSR count). The minimum atomic E-state index is -3.66. The molecule has 0 radical (unpaired) electrons. The predicted octanol–water partition coefficient (Wildman–Crippen LogP) is 0.538. The van der Waals surface area contributed by atoms with Gasteiger partial charge in [-0.2, -0.15) is 5.10 Å². The van der Waals surface area contributed by atoms with Crippen LogP contribution in [0, 0.1) is 0 Å². The number of hydrogen-bond donors (Lipinski definition) is 3. The number of H-pyrrole nitrogens is 1. The van der Waals surface area contributed by atoms with Crippen LogP contribution >= 0.6 is 15.9 Å². The van der Waals surface area contributed by atoms with E-state index >= 15 is 0 Å². The minimum absolute atomic E-state index is 0.0243. The molecule has 0 aliphatic rings. The van der Waals surface area contributed by atoms with Crippen molar-refractivity contribution in [3.05, 3.63) is 40.4 Å². The van der Waals surface area contributed by atoms with Gasteiger partial charge in [0.25, 0.3) is 0 Å². The third kappa shape index (κ3) is 3.38. The fourth-order valence-corrected chi connectivity index (χ4v) is 3.53. The van der Waals surface area contributed by atoms with E-state index in [1.54, 1.807) is 12.1 Å². The third-order valence-electron chi connectivity index (χ3n) is 2.36. The molecule has 1 heterocycles. The molecule has 0 atom stereocenters. The van der Waals surface area contributed by atoms with Crippen LogP contribution in [-0.4, -0.2) is 28.7 Å². The van der Waals surface area contributed by atoms with Crippen molar-refractivity contribution in [2.45, 2.75) is 18.0 Å². The predicted molar refractivity (Wildman–Crippen MR) is 70.5 cm³/mol. The highest BCUT2D eigenvalue weighted by Crippen LogP contribution is 2.23. The minimum Gasteiger partial charge on any atom is -0.392 e. The van der Waals surface area contributed by atoms with E-state index in [0.29, 0.717) is 15.9 Å². The van der Waals surface area contributed by atoms with Gasteiger partial charge in [0.2, 0.25) is 10.0 Å². The smallest absolute Gasteiger partial charge is 0.242 e. The molecule has 0 aliphatic carbocycles. The van der Waals surface area contributed by atoms with Crippen LogP contribution in [0.1, 0.15) is 11.4 Å². The molecule has 0 fully saturated rings. The number of aromatic amines is 1. The van der Waals surface area contributed by atoms with Crippen LogP contribution in [0.4, 0.5) is 0 Å². The van der Waals surface area contributed by atoms with Crippen molar-refractivity contribution < 1.29 is 13.5 Å². The Labute approximate surface area is 118 Å². The monoisotopic (exact) mass is 346 g/mol. The summed E-state index contributed by atoms with van der Waals surface area (Å²) in [6, 6.07) is 4.54. The molecular formula is C10H11BrN4O3S. The second kappa shape index (κ2) is 5.78.